The number of hydrogen-bond acceptors (Lipinski definition) is 5. The first-order valence-corrected chi connectivity index (χ1v) is 11.9. The van der Waals surface area contributed by atoms with E-state index < -0.39 is 49.6 Å². The minimum Gasteiger partial charge on any atom is -0.370 e. The minimum absolute atomic E-state index is 0.0514. The van der Waals surface area contributed by atoms with Crippen LogP contribution in [0.2, 0.25) is 0 Å². The van der Waals surface area contributed by atoms with Gasteiger partial charge in [-0.1, -0.05) is 11.2 Å². The van der Waals surface area contributed by atoms with Crippen LogP contribution < -0.4 is 10.2 Å². The molecule has 0 saturated carbocycles. The fourth-order valence-electron chi connectivity index (χ4n) is 4.74. The molecule has 0 radical (unpaired) electrons. The van der Waals surface area contributed by atoms with E-state index in [1.807, 2.05) is 0 Å². The number of piperidine rings is 1. The van der Waals surface area contributed by atoms with E-state index in [9.17, 15) is 31.1 Å². The van der Waals surface area contributed by atoms with Crippen molar-refractivity contribution in [2.45, 2.75) is 46.1 Å². The number of carbonyl (C=O) groups excluding carboxylic acids is 1. The highest BCUT2D eigenvalue weighted by Crippen LogP contribution is 2.43. The highest BCUT2D eigenvalue weighted by atomic mass is 19.4. The lowest BCUT2D eigenvalue weighted by molar-refractivity contribution is -0.214. The molecule has 204 valence electrons. The molecule has 3 heterocycles. The third kappa shape index (κ3) is 6.11. The summed E-state index contributed by atoms with van der Waals surface area (Å²) in [7, 11) is 0. The molecule has 4 rings (SSSR count). The van der Waals surface area contributed by atoms with Crippen molar-refractivity contribution in [3.05, 3.63) is 64.8 Å². The molecule has 1 aliphatic heterocycles. The van der Waals surface area contributed by atoms with E-state index in [2.05, 4.69) is 15.5 Å². The summed E-state index contributed by atoms with van der Waals surface area (Å²) < 4.78 is 86.1. The van der Waals surface area contributed by atoms with Gasteiger partial charge in [-0.2, -0.15) is 26.3 Å². The third-order valence-electron chi connectivity index (χ3n) is 6.66. The largest absolute Gasteiger partial charge is 0.393 e. The summed E-state index contributed by atoms with van der Waals surface area (Å²) in [5.41, 5.74) is 4.14. The number of aromatic nitrogens is 2. The van der Waals surface area contributed by atoms with Gasteiger partial charge in [0.2, 0.25) is 0 Å². The van der Waals surface area contributed by atoms with E-state index in [0.717, 1.165) is 4.90 Å². The average molecular weight is 541 g/mol. The van der Waals surface area contributed by atoms with Crippen molar-refractivity contribution in [3.63, 3.8) is 0 Å². The Bertz CT molecular complexity index is 1280. The first kappa shape index (κ1) is 27.5. The monoisotopic (exact) mass is 540 g/mol. The second-order valence-corrected chi connectivity index (χ2v) is 9.59. The fourth-order valence-corrected chi connectivity index (χ4v) is 4.74. The number of halogens is 6. The summed E-state index contributed by atoms with van der Waals surface area (Å²) in [6.07, 6.45) is -9.29. The lowest BCUT2D eigenvalue weighted by Gasteiger charge is -2.40. The summed E-state index contributed by atoms with van der Waals surface area (Å²) >= 11 is 0. The maximum absolute atomic E-state index is 13.6. The molecule has 6 nitrogen and oxygen atoms in total. The number of benzene rings is 1. The Balaban J connectivity index is 1.71. The number of nitrogens with one attached hydrogen (secondary N) is 1. The molecular weight excluding hydrogens is 514 g/mol. The molecule has 1 fully saturated rings. The first-order valence-electron chi connectivity index (χ1n) is 11.9. The van der Waals surface area contributed by atoms with E-state index >= 15 is 0 Å². The lowest BCUT2D eigenvalue weighted by Crippen LogP contribution is -2.49. The van der Waals surface area contributed by atoms with E-state index in [4.69, 9.17) is 4.52 Å². The second-order valence-electron chi connectivity index (χ2n) is 9.59. The molecule has 0 unspecified atom stereocenters. The molecular formula is C26H26F6N4O2. The number of carbonyl (C=O) groups is 1. The molecule has 1 aromatic carbocycles. The molecule has 0 spiro atoms. The van der Waals surface area contributed by atoms with Gasteiger partial charge in [0.05, 0.1) is 17.5 Å². The van der Waals surface area contributed by atoms with E-state index in [1.165, 1.54) is 12.3 Å². The van der Waals surface area contributed by atoms with Gasteiger partial charge in [-0.15, -0.1) is 0 Å². The van der Waals surface area contributed by atoms with Crippen LogP contribution in [0.15, 0.2) is 41.1 Å². The van der Waals surface area contributed by atoms with Gasteiger partial charge in [0, 0.05) is 36.7 Å². The van der Waals surface area contributed by atoms with Crippen LogP contribution in [-0.4, -0.2) is 41.5 Å². The Kier molecular flexibility index (Phi) is 7.44. The first-order chi connectivity index (χ1) is 17.7. The number of nitrogens with zero attached hydrogens (tertiary/aromatic N) is 3. The number of aryl methyl sites for hydroxylation is 3. The van der Waals surface area contributed by atoms with E-state index in [-0.39, 0.29) is 17.8 Å². The van der Waals surface area contributed by atoms with Gasteiger partial charge in [0.25, 0.3) is 5.91 Å². The summed E-state index contributed by atoms with van der Waals surface area (Å²) in [6, 6.07) is 8.22. The Morgan fingerprint density at radius 2 is 1.61 bits per heavy atom. The predicted octanol–water partition coefficient (Wildman–Crippen LogP) is 6.16. The Hall–Kier alpha value is -3.57. The van der Waals surface area contributed by atoms with Crippen LogP contribution in [0.1, 0.15) is 39.4 Å². The highest BCUT2D eigenvalue weighted by Gasteiger charge is 2.51. The van der Waals surface area contributed by atoms with Crippen molar-refractivity contribution < 1.29 is 35.7 Å². The van der Waals surface area contributed by atoms with Gasteiger partial charge in [0.15, 0.2) is 0 Å². The van der Waals surface area contributed by atoms with Crippen LogP contribution in [0.25, 0.3) is 11.1 Å². The summed E-state index contributed by atoms with van der Waals surface area (Å²) in [5.74, 6) is -4.65. The van der Waals surface area contributed by atoms with Crippen molar-refractivity contribution in [2.75, 3.05) is 18.0 Å². The van der Waals surface area contributed by atoms with Crippen molar-refractivity contribution in [3.8, 4) is 11.1 Å². The van der Waals surface area contributed by atoms with E-state index in [1.54, 1.807) is 45.0 Å². The molecule has 1 aliphatic rings. The van der Waals surface area contributed by atoms with Gasteiger partial charge in [-0.05, 0) is 68.1 Å². The zero-order chi connectivity index (χ0) is 27.8. The zero-order valence-electron chi connectivity index (χ0n) is 20.9. The van der Waals surface area contributed by atoms with Gasteiger partial charge >= 0.3 is 12.4 Å². The Labute approximate surface area is 215 Å². The average Bonchev–Trinajstić information content (AvgIpc) is 3.26. The molecule has 1 saturated heterocycles. The summed E-state index contributed by atoms with van der Waals surface area (Å²) in [6.45, 7) is 4.07. The number of rotatable bonds is 5. The number of hydrogen-bond donors (Lipinski definition) is 1. The zero-order valence-corrected chi connectivity index (χ0v) is 20.9. The fraction of sp³-hybridized carbons (Fsp3) is 0.423. The van der Waals surface area contributed by atoms with Gasteiger partial charge < -0.3 is 14.7 Å². The van der Waals surface area contributed by atoms with Gasteiger partial charge in [-0.3, -0.25) is 9.78 Å². The topological polar surface area (TPSA) is 71.3 Å². The van der Waals surface area contributed by atoms with Crippen LogP contribution >= 0.6 is 0 Å². The molecule has 3 aromatic rings. The molecule has 1 N–H and O–H groups in total. The van der Waals surface area contributed by atoms with Gasteiger partial charge in [0.1, 0.15) is 11.8 Å². The smallest absolute Gasteiger partial charge is 0.370 e. The standard InChI is InChI=1S/C26H26F6N4O2/c1-14-6-18(7-15(2)34-14)22-9-21(5-4-17(22)10-33-24(37)23-13-38-35-16(23)3)36-11-19(25(27,28)29)8-20(12-36)26(30,31)32/h4-7,9,13,19-20H,8,10-12H2,1-3H3,(H,33,37)/t19-,20+. The molecule has 2 aromatic heterocycles. The van der Waals surface area contributed by atoms with Crippen LogP contribution in [0.4, 0.5) is 32.0 Å². The molecule has 1 amide bonds. The number of alkyl halides is 6. The number of anilines is 1. The van der Waals surface area contributed by atoms with Crippen LogP contribution in [0, 0.1) is 32.6 Å². The third-order valence-corrected chi connectivity index (χ3v) is 6.66. The molecule has 0 aliphatic carbocycles. The van der Waals surface area contributed by atoms with Crippen LogP contribution in [0.5, 0.6) is 0 Å². The number of pyridine rings is 1. The minimum atomic E-state index is -4.76. The van der Waals surface area contributed by atoms with Crippen molar-refractivity contribution >= 4 is 11.6 Å². The molecule has 2 atom stereocenters. The quantitative estimate of drug-likeness (QED) is 0.393. The molecule has 0 bridgehead atoms. The number of amides is 1. The summed E-state index contributed by atoms with van der Waals surface area (Å²) in [4.78, 5) is 18.1. The van der Waals surface area contributed by atoms with E-state index in [0.29, 0.717) is 33.8 Å². The van der Waals surface area contributed by atoms with Crippen molar-refractivity contribution in [1.82, 2.24) is 15.5 Å². The van der Waals surface area contributed by atoms with Crippen molar-refractivity contribution in [1.29, 1.82) is 0 Å². The maximum Gasteiger partial charge on any atom is 0.393 e. The Morgan fingerprint density at radius 3 is 2.13 bits per heavy atom. The van der Waals surface area contributed by atoms with Gasteiger partial charge in [-0.25, -0.2) is 0 Å². The Morgan fingerprint density at radius 1 is 1.00 bits per heavy atom. The predicted molar refractivity (Wildman–Crippen MR) is 127 cm³/mol. The second kappa shape index (κ2) is 10.3. The normalized spacial score (nSPS) is 18.5. The molecule has 38 heavy (non-hydrogen) atoms. The highest BCUT2D eigenvalue weighted by molar-refractivity contribution is 5.94. The SMILES string of the molecule is Cc1cc(-c2cc(N3C[C@H](C(F)(F)F)C[C@H](C(F)(F)F)C3)ccc2CNC(=O)c2conc2C)cc(C)n1. The van der Waals surface area contributed by atoms with Crippen LogP contribution in [-0.2, 0) is 6.54 Å². The summed E-state index contributed by atoms with van der Waals surface area (Å²) in [5, 5.41) is 6.45. The van der Waals surface area contributed by atoms with Crippen molar-refractivity contribution in [2.24, 2.45) is 11.8 Å². The maximum atomic E-state index is 13.6. The lowest BCUT2D eigenvalue weighted by atomic mass is 9.87. The molecule has 12 heteroatoms. The van der Waals surface area contributed by atoms with Crippen LogP contribution in [0.3, 0.4) is 0 Å².